The molecule has 0 fully saturated rings. The summed E-state index contributed by atoms with van der Waals surface area (Å²) in [7, 11) is -2.52. The Hall–Kier alpha value is -3.73. The van der Waals surface area contributed by atoms with Crippen molar-refractivity contribution in [3.8, 4) is 16.2 Å². The van der Waals surface area contributed by atoms with Crippen LogP contribution in [0.25, 0.3) is 10.4 Å². The van der Waals surface area contributed by atoms with Gasteiger partial charge in [0.05, 0.1) is 23.3 Å². The Balaban J connectivity index is 1.92. The number of methoxy groups -OCH3 is 1. The molecule has 1 unspecified atom stereocenters. The highest BCUT2D eigenvalue weighted by Gasteiger charge is 2.32. The number of sulfone groups is 1. The Labute approximate surface area is 207 Å². The molecule has 1 amide bonds. The molecule has 0 aliphatic rings. The third-order valence-corrected chi connectivity index (χ3v) is 8.22. The second-order valence-electron chi connectivity index (χ2n) is 7.68. The average Bonchev–Trinajstić information content (AvgIpc) is 3.42. The van der Waals surface area contributed by atoms with Crippen molar-refractivity contribution in [1.29, 1.82) is 0 Å². The maximum Gasteiger partial charge on any atom is 0.276 e. The number of hydrogen-bond acceptors (Lipinski definition) is 8. The number of pyridine rings is 1. The van der Waals surface area contributed by atoms with Crippen LogP contribution in [-0.2, 0) is 9.84 Å². The van der Waals surface area contributed by atoms with Gasteiger partial charge in [-0.2, -0.15) is 0 Å². The second-order valence-corrected chi connectivity index (χ2v) is 10.7. The Morgan fingerprint density at radius 3 is 2.49 bits per heavy atom. The van der Waals surface area contributed by atoms with Gasteiger partial charge in [-0.1, -0.05) is 12.1 Å². The van der Waals surface area contributed by atoms with E-state index in [9.17, 15) is 18.4 Å². The molecule has 8 nitrogen and oxygen atoms in total. The van der Waals surface area contributed by atoms with Crippen LogP contribution >= 0.6 is 11.3 Å². The summed E-state index contributed by atoms with van der Waals surface area (Å²) in [6.45, 7) is 1.82. The number of amides is 1. The molecule has 0 aliphatic heterocycles. The first-order valence-corrected chi connectivity index (χ1v) is 12.9. The zero-order valence-corrected chi connectivity index (χ0v) is 20.6. The van der Waals surface area contributed by atoms with Crippen molar-refractivity contribution in [2.24, 2.45) is 0 Å². The summed E-state index contributed by atoms with van der Waals surface area (Å²) in [5, 5.41) is 13.1. The molecular formula is C25H23N3O5S2. The van der Waals surface area contributed by atoms with Crippen LogP contribution in [0.5, 0.6) is 5.75 Å². The van der Waals surface area contributed by atoms with Crippen LogP contribution in [0.15, 0.2) is 83.3 Å². The minimum Gasteiger partial charge on any atom is -0.497 e. The van der Waals surface area contributed by atoms with E-state index in [1.807, 2.05) is 30.5 Å². The fourth-order valence-corrected chi connectivity index (χ4v) is 6.02. The van der Waals surface area contributed by atoms with Crippen LogP contribution in [0, 0.1) is 6.92 Å². The first-order valence-electron chi connectivity index (χ1n) is 10.5. The number of benzene rings is 2. The molecule has 10 heteroatoms. The van der Waals surface area contributed by atoms with Gasteiger partial charge in [-0.3, -0.25) is 15.0 Å². The van der Waals surface area contributed by atoms with Crippen molar-refractivity contribution in [2.75, 3.05) is 12.4 Å². The number of ether oxygens (including phenoxy) is 1. The second kappa shape index (κ2) is 10.3. The zero-order chi connectivity index (χ0) is 25.0. The van der Waals surface area contributed by atoms with Gasteiger partial charge in [-0.25, -0.2) is 13.9 Å². The Morgan fingerprint density at radius 1 is 1.11 bits per heavy atom. The van der Waals surface area contributed by atoms with Crippen LogP contribution in [0.1, 0.15) is 26.9 Å². The Bertz CT molecular complexity index is 1420. The molecule has 2 aromatic heterocycles. The van der Waals surface area contributed by atoms with Crippen LogP contribution < -0.4 is 15.5 Å². The number of carbonyl (C=O) groups is 1. The summed E-state index contributed by atoms with van der Waals surface area (Å²) in [5.74, 6) is -0.240. The number of aromatic nitrogens is 1. The standard InChI is InChI=1S/C25H23N3O5S2/c1-16-13-20(22-6-4-12-34-22)23(21(14-16)24(29)28-30)27-25(17-5-3-11-26-15-17)35(31,32)19-9-7-18(33-2)8-10-19/h3-15,25,27,30H,1-2H3,(H,28,29). The number of rotatable bonds is 8. The smallest absolute Gasteiger partial charge is 0.276 e. The topological polar surface area (TPSA) is 118 Å². The highest BCUT2D eigenvalue weighted by atomic mass is 32.2. The lowest BCUT2D eigenvalue weighted by atomic mass is 10.0. The van der Waals surface area contributed by atoms with Gasteiger partial charge in [0.25, 0.3) is 5.91 Å². The van der Waals surface area contributed by atoms with Gasteiger partial charge >= 0.3 is 0 Å². The van der Waals surface area contributed by atoms with E-state index in [1.165, 1.54) is 36.8 Å². The van der Waals surface area contributed by atoms with Crippen LogP contribution in [0.2, 0.25) is 0 Å². The molecule has 35 heavy (non-hydrogen) atoms. The van der Waals surface area contributed by atoms with Crippen LogP contribution in [-0.4, -0.2) is 31.6 Å². The molecule has 0 saturated carbocycles. The van der Waals surface area contributed by atoms with Gasteiger partial charge in [-0.15, -0.1) is 11.3 Å². The Kier molecular flexibility index (Phi) is 7.15. The molecule has 180 valence electrons. The first-order chi connectivity index (χ1) is 16.8. The van der Waals surface area contributed by atoms with E-state index in [1.54, 1.807) is 42.0 Å². The van der Waals surface area contributed by atoms with Gasteiger partial charge in [0.1, 0.15) is 5.75 Å². The van der Waals surface area contributed by atoms with Gasteiger partial charge in [0.15, 0.2) is 5.37 Å². The molecule has 0 spiro atoms. The van der Waals surface area contributed by atoms with E-state index in [0.717, 1.165) is 10.4 Å². The van der Waals surface area contributed by atoms with E-state index in [4.69, 9.17) is 4.74 Å². The molecule has 1 atom stereocenters. The van der Waals surface area contributed by atoms with Crippen molar-refractivity contribution in [1.82, 2.24) is 10.5 Å². The van der Waals surface area contributed by atoms with Crippen molar-refractivity contribution < 1.29 is 23.2 Å². The Morgan fingerprint density at radius 2 is 1.89 bits per heavy atom. The van der Waals surface area contributed by atoms with Crippen molar-refractivity contribution in [2.45, 2.75) is 17.2 Å². The van der Waals surface area contributed by atoms with Crippen LogP contribution in [0.3, 0.4) is 0 Å². The zero-order valence-electron chi connectivity index (χ0n) is 18.9. The molecular weight excluding hydrogens is 486 g/mol. The minimum atomic E-state index is -4.02. The summed E-state index contributed by atoms with van der Waals surface area (Å²) in [6.07, 6.45) is 3.01. The fourth-order valence-electron chi connectivity index (χ4n) is 3.71. The van der Waals surface area contributed by atoms with Crippen molar-refractivity contribution >= 4 is 32.8 Å². The predicted octanol–water partition coefficient (Wildman–Crippen LogP) is 4.83. The minimum absolute atomic E-state index is 0.0672. The SMILES string of the molecule is COc1ccc(S(=O)(=O)C(Nc2c(C(=O)NO)cc(C)cc2-c2cccs2)c2cccnc2)cc1. The number of hydroxylamine groups is 1. The summed E-state index contributed by atoms with van der Waals surface area (Å²) >= 11 is 1.45. The van der Waals surface area contributed by atoms with Gasteiger partial charge in [0, 0.05) is 28.4 Å². The monoisotopic (exact) mass is 509 g/mol. The predicted molar refractivity (Wildman–Crippen MR) is 135 cm³/mol. The number of nitrogens with one attached hydrogen (secondary N) is 2. The fraction of sp³-hybridized carbons (Fsp3) is 0.120. The van der Waals surface area contributed by atoms with E-state index in [-0.39, 0.29) is 16.1 Å². The number of thiophene rings is 1. The lowest BCUT2D eigenvalue weighted by molar-refractivity contribution is 0.0707. The van der Waals surface area contributed by atoms with Gasteiger partial charge in [-0.05, 0) is 66.4 Å². The molecule has 2 aromatic carbocycles. The van der Waals surface area contributed by atoms with Gasteiger partial charge in [0.2, 0.25) is 9.84 Å². The first kappa shape index (κ1) is 24.4. The third-order valence-electron chi connectivity index (χ3n) is 5.38. The van der Waals surface area contributed by atoms with Crippen molar-refractivity contribution in [3.63, 3.8) is 0 Å². The molecule has 0 radical (unpaired) electrons. The molecule has 0 bridgehead atoms. The van der Waals surface area contributed by atoms with Crippen molar-refractivity contribution in [3.05, 3.63) is 95.1 Å². The normalized spacial score (nSPS) is 12.1. The number of hydrogen-bond donors (Lipinski definition) is 3. The maximum atomic E-state index is 13.9. The lowest BCUT2D eigenvalue weighted by Crippen LogP contribution is -2.26. The summed E-state index contributed by atoms with van der Waals surface area (Å²) in [5.41, 5.74) is 3.84. The quantitative estimate of drug-likeness (QED) is 0.230. The van der Waals surface area contributed by atoms with E-state index in [2.05, 4.69) is 10.3 Å². The van der Waals surface area contributed by atoms with E-state index >= 15 is 0 Å². The van der Waals surface area contributed by atoms with Gasteiger partial charge < -0.3 is 10.1 Å². The average molecular weight is 510 g/mol. The molecule has 2 heterocycles. The summed E-state index contributed by atoms with van der Waals surface area (Å²) < 4.78 is 32.9. The van der Waals surface area contributed by atoms with E-state index in [0.29, 0.717) is 16.9 Å². The molecule has 4 aromatic rings. The molecule has 0 aliphatic carbocycles. The number of aryl methyl sites for hydroxylation is 1. The third kappa shape index (κ3) is 5.04. The molecule has 3 N–H and O–H groups in total. The highest BCUT2D eigenvalue weighted by molar-refractivity contribution is 7.91. The largest absolute Gasteiger partial charge is 0.497 e. The summed E-state index contributed by atoms with van der Waals surface area (Å²) in [4.78, 5) is 17.6. The highest BCUT2D eigenvalue weighted by Crippen LogP contribution is 2.39. The summed E-state index contributed by atoms with van der Waals surface area (Å²) in [6, 6.07) is 16.6. The molecule has 0 saturated heterocycles. The molecule has 4 rings (SSSR count). The lowest BCUT2D eigenvalue weighted by Gasteiger charge is -2.24. The van der Waals surface area contributed by atoms with Crippen LogP contribution in [0.4, 0.5) is 5.69 Å². The number of anilines is 1. The number of nitrogens with zero attached hydrogens (tertiary/aromatic N) is 1. The number of carbonyl (C=O) groups excluding carboxylic acids is 1. The maximum absolute atomic E-state index is 13.9. The van der Waals surface area contributed by atoms with E-state index < -0.39 is 21.1 Å².